The number of fused-ring (bicyclic) bond motifs is 1. The summed E-state index contributed by atoms with van der Waals surface area (Å²) in [5, 5.41) is 12.5. The Balaban J connectivity index is 2.67. The summed E-state index contributed by atoms with van der Waals surface area (Å²) in [4.78, 5) is 10.6. The first-order valence-electron chi connectivity index (χ1n) is 5.48. The van der Waals surface area contributed by atoms with Gasteiger partial charge in [-0.2, -0.15) is 0 Å². The van der Waals surface area contributed by atoms with Crippen LogP contribution in [0.4, 0.5) is 0 Å². The Labute approximate surface area is 105 Å². The molecule has 2 nitrogen and oxygen atoms in total. The molecule has 17 heavy (non-hydrogen) atoms. The molecule has 0 saturated carbocycles. The molecule has 0 aliphatic carbocycles. The first kappa shape index (κ1) is 11.9. The summed E-state index contributed by atoms with van der Waals surface area (Å²) in [7, 11) is 0. The van der Waals surface area contributed by atoms with E-state index in [0.717, 1.165) is 22.6 Å². The number of phenolic OH excluding ortho intramolecular Hbond substituents is 1. The van der Waals surface area contributed by atoms with Crippen LogP contribution in [-0.4, -0.2) is 11.4 Å². The van der Waals surface area contributed by atoms with Crippen molar-refractivity contribution in [2.45, 2.75) is 19.3 Å². The molecule has 2 aromatic rings. The summed E-state index contributed by atoms with van der Waals surface area (Å²) in [6.07, 6.45) is 1.27. The summed E-state index contributed by atoms with van der Waals surface area (Å²) in [5.74, 6) is 0.228. The third-order valence-electron chi connectivity index (χ3n) is 2.94. The van der Waals surface area contributed by atoms with Crippen molar-refractivity contribution in [3.8, 4) is 5.75 Å². The maximum atomic E-state index is 10.6. The van der Waals surface area contributed by atoms with Gasteiger partial charge in [-0.15, -0.1) is 0 Å². The predicted molar refractivity (Wildman–Crippen MR) is 69.7 cm³/mol. The van der Waals surface area contributed by atoms with Gasteiger partial charge in [-0.05, 0) is 34.9 Å². The molecule has 0 aliphatic heterocycles. The summed E-state index contributed by atoms with van der Waals surface area (Å²) >= 11 is 5.93. The van der Waals surface area contributed by atoms with Crippen LogP contribution in [0.3, 0.4) is 0 Å². The van der Waals surface area contributed by atoms with Crippen LogP contribution in [0.2, 0.25) is 5.02 Å². The van der Waals surface area contributed by atoms with E-state index in [9.17, 15) is 9.90 Å². The maximum Gasteiger partial charge on any atom is 0.120 e. The standard InChI is InChI=1S/C14H13ClO2/c1-9(6-7-16)14-12-4-3-11(15)8-10(12)2-5-13(14)17/h2-5,7-9,17H,6H2,1H3. The molecule has 1 N–H and O–H groups in total. The Morgan fingerprint density at radius 3 is 2.82 bits per heavy atom. The number of aldehydes is 1. The smallest absolute Gasteiger partial charge is 0.120 e. The van der Waals surface area contributed by atoms with Crippen molar-refractivity contribution in [1.29, 1.82) is 0 Å². The van der Waals surface area contributed by atoms with Gasteiger partial charge in [-0.25, -0.2) is 0 Å². The highest BCUT2D eigenvalue weighted by molar-refractivity contribution is 6.31. The molecule has 0 fully saturated rings. The minimum Gasteiger partial charge on any atom is -0.508 e. The quantitative estimate of drug-likeness (QED) is 0.837. The van der Waals surface area contributed by atoms with Crippen molar-refractivity contribution < 1.29 is 9.90 Å². The van der Waals surface area contributed by atoms with E-state index in [1.165, 1.54) is 0 Å². The Bertz CT molecular complexity index is 563. The number of hydrogen-bond donors (Lipinski definition) is 1. The third-order valence-corrected chi connectivity index (χ3v) is 3.18. The molecule has 0 amide bonds. The zero-order valence-electron chi connectivity index (χ0n) is 9.48. The first-order valence-corrected chi connectivity index (χ1v) is 5.86. The zero-order chi connectivity index (χ0) is 12.4. The van der Waals surface area contributed by atoms with E-state index in [2.05, 4.69) is 0 Å². The molecule has 1 unspecified atom stereocenters. The van der Waals surface area contributed by atoms with Gasteiger partial charge in [0.05, 0.1) is 0 Å². The lowest BCUT2D eigenvalue weighted by Crippen LogP contribution is -1.96. The van der Waals surface area contributed by atoms with E-state index in [4.69, 9.17) is 11.6 Å². The lowest BCUT2D eigenvalue weighted by Gasteiger charge is -2.14. The molecule has 2 rings (SSSR count). The molecule has 0 radical (unpaired) electrons. The number of hydrogen-bond acceptors (Lipinski definition) is 2. The van der Waals surface area contributed by atoms with Gasteiger partial charge in [-0.1, -0.05) is 30.7 Å². The molecule has 0 aromatic heterocycles. The Morgan fingerprint density at radius 2 is 2.12 bits per heavy atom. The lowest BCUT2D eigenvalue weighted by atomic mass is 9.92. The maximum absolute atomic E-state index is 10.6. The van der Waals surface area contributed by atoms with Crippen LogP contribution in [-0.2, 0) is 4.79 Å². The topological polar surface area (TPSA) is 37.3 Å². The summed E-state index contributed by atoms with van der Waals surface area (Å²) < 4.78 is 0. The number of halogens is 1. The van der Waals surface area contributed by atoms with Crippen LogP contribution < -0.4 is 0 Å². The van der Waals surface area contributed by atoms with E-state index in [1.807, 2.05) is 25.1 Å². The molecule has 0 spiro atoms. The molecule has 2 aromatic carbocycles. The Morgan fingerprint density at radius 1 is 1.35 bits per heavy atom. The minimum atomic E-state index is -0.00243. The first-order chi connectivity index (χ1) is 8.13. The molecular formula is C14H13ClO2. The predicted octanol–water partition coefficient (Wildman–Crippen LogP) is 3.89. The number of carbonyl (C=O) groups is 1. The molecule has 88 valence electrons. The van der Waals surface area contributed by atoms with Gasteiger partial charge in [0.25, 0.3) is 0 Å². The van der Waals surface area contributed by atoms with E-state index >= 15 is 0 Å². The second-order valence-corrected chi connectivity index (χ2v) is 4.60. The SMILES string of the molecule is CC(CC=O)c1c(O)ccc2cc(Cl)ccc12. The second kappa shape index (κ2) is 4.76. The average molecular weight is 249 g/mol. The molecule has 0 saturated heterocycles. The van der Waals surface area contributed by atoms with Crippen molar-refractivity contribution in [3.05, 3.63) is 40.9 Å². The van der Waals surface area contributed by atoms with Gasteiger partial charge in [0, 0.05) is 17.0 Å². The van der Waals surface area contributed by atoms with E-state index < -0.39 is 0 Å². The minimum absolute atomic E-state index is 0.00243. The number of phenols is 1. The number of aromatic hydroxyl groups is 1. The molecular weight excluding hydrogens is 236 g/mol. The lowest BCUT2D eigenvalue weighted by molar-refractivity contribution is -0.108. The van der Waals surface area contributed by atoms with Crippen molar-refractivity contribution in [2.75, 3.05) is 0 Å². The Kier molecular flexibility index (Phi) is 3.34. The largest absolute Gasteiger partial charge is 0.508 e. The fraction of sp³-hybridized carbons (Fsp3) is 0.214. The van der Waals surface area contributed by atoms with Gasteiger partial charge >= 0.3 is 0 Å². The monoisotopic (exact) mass is 248 g/mol. The van der Waals surface area contributed by atoms with Crippen LogP contribution in [0.15, 0.2) is 30.3 Å². The number of rotatable bonds is 3. The van der Waals surface area contributed by atoms with E-state index in [1.54, 1.807) is 12.1 Å². The average Bonchev–Trinajstić information content (AvgIpc) is 2.29. The summed E-state index contributed by atoms with van der Waals surface area (Å²) in [5.41, 5.74) is 0.811. The highest BCUT2D eigenvalue weighted by Crippen LogP contribution is 2.35. The fourth-order valence-corrected chi connectivity index (χ4v) is 2.27. The van der Waals surface area contributed by atoms with Gasteiger partial charge in [-0.3, -0.25) is 0 Å². The van der Waals surface area contributed by atoms with Gasteiger partial charge in [0.15, 0.2) is 0 Å². The van der Waals surface area contributed by atoms with Crippen LogP contribution >= 0.6 is 11.6 Å². The number of benzene rings is 2. The van der Waals surface area contributed by atoms with Crippen molar-refractivity contribution >= 4 is 28.7 Å². The Hall–Kier alpha value is -1.54. The molecule has 0 aliphatic rings. The number of carbonyl (C=O) groups excluding carboxylic acids is 1. The van der Waals surface area contributed by atoms with Crippen molar-refractivity contribution in [1.82, 2.24) is 0 Å². The van der Waals surface area contributed by atoms with E-state index in [-0.39, 0.29) is 11.7 Å². The summed E-state index contributed by atoms with van der Waals surface area (Å²) in [6, 6.07) is 9.00. The highest BCUT2D eigenvalue weighted by Gasteiger charge is 2.14. The molecule has 3 heteroatoms. The van der Waals surface area contributed by atoms with Crippen LogP contribution in [0.1, 0.15) is 24.8 Å². The van der Waals surface area contributed by atoms with Gasteiger partial charge < -0.3 is 9.90 Å². The van der Waals surface area contributed by atoms with E-state index in [0.29, 0.717) is 11.4 Å². The highest BCUT2D eigenvalue weighted by atomic mass is 35.5. The van der Waals surface area contributed by atoms with Crippen LogP contribution in [0, 0.1) is 0 Å². The molecule has 1 atom stereocenters. The molecule has 0 bridgehead atoms. The normalized spacial score (nSPS) is 12.6. The fourth-order valence-electron chi connectivity index (χ4n) is 2.09. The van der Waals surface area contributed by atoms with Crippen molar-refractivity contribution in [2.24, 2.45) is 0 Å². The van der Waals surface area contributed by atoms with Gasteiger partial charge in [0.1, 0.15) is 12.0 Å². The van der Waals surface area contributed by atoms with Crippen LogP contribution in [0.25, 0.3) is 10.8 Å². The molecule has 0 heterocycles. The zero-order valence-corrected chi connectivity index (χ0v) is 10.2. The van der Waals surface area contributed by atoms with Crippen LogP contribution in [0.5, 0.6) is 5.75 Å². The van der Waals surface area contributed by atoms with Crippen molar-refractivity contribution in [3.63, 3.8) is 0 Å². The second-order valence-electron chi connectivity index (χ2n) is 4.17. The van der Waals surface area contributed by atoms with Gasteiger partial charge in [0.2, 0.25) is 0 Å². The third kappa shape index (κ3) is 2.27. The summed E-state index contributed by atoms with van der Waals surface area (Å²) in [6.45, 7) is 1.93.